The summed E-state index contributed by atoms with van der Waals surface area (Å²) in [5, 5.41) is 3.51. The van der Waals surface area contributed by atoms with Gasteiger partial charge in [-0.05, 0) is 68.8 Å². The summed E-state index contributed by atoms with van der Waals surface area (Å²) in [6, 6.07) is 16.8. The second-order valence-electron chi connectivity index (χ2n) is 9.57. The van der Waals surface area contributed by atoms with Gasteiger partial charge < -0.3 is 15.0 Å². The highest BCUT2D eigenvalue weighted by Gasteiger charge is 2.33. The van der Waals surface area contributed by atoms with Gasteiger partial charge >= 0.3 is 0 Å². The number of methoxy groups -OCH3 is 1. The van der Waals surface area contributed by atoms with Crippen LogP contribution in [0.5, 0.6) is 5.75 Å². The summed E-state index contributed by atoms with van der Waals surface area (Å²) in [7, 11) is -2.71. The van der Waals surface area contributed by atoms with Crippen LogP contribution in [0.2, 0.25) is 10.0 Å². The Bertz CT molecular complexity index is 1430. The monoisotopic (exact) mass is 619 g/mol. The van der Waals surface area contributed by atoms with Gasteiger partial charge in [-0.2, -0.15) is 0 Å². The van der Waals surface area contributed by atoms with Gasteiger partial charge in [0.1, 0.15) is 18.3 Å². The predicted molar refractivity (Wildman–Crippen MR) is 163 cm³/mol. The Balaban J connectivity index is 2.03. The molecule has 0 spiro atoms. The fraction of sp³-hybridized carbons (Fsp3) is 0.333. The van der Waals surface area contributed by atoms with Gasteiger partial charge in [-0.25, -0.2) is 8.42 Å². The molecule has 1 N–H and O–H groups in total. The maximum Gasteiger partial charge on any atom is 0.264 e. The molecule has 0 aromatic heterocycles. The average molecular weight is 621 g/mol. The van der Waals surface area contributed by atoms with E-state index in [1.165, 1.54) is 36.3 Å². The number of carbonyl (C=O) groups excluding carboxylic acids is 2. The number of hydrogen-bond acceptors (Lipinski definition) is 5. The summed E-state index contributed by atoms with van der Waals surface area (Å²) in [6.45, 7) is 5.28. The maximum absolute atomic E-state index is 14.0. The van der Waals surface area contributed by atoms with Crippen LogP contribution in [0.25, 0.3) is 0 Å². The molecule has 1 atom stereocenters. The van der Waals surface area contributed by atoms with Crippen LogP contribution in [0.3, 0.4) is 0 Å². The fourth-order valence-electron chi connectivity index (χ4n) is 4.09. The molecule has 0 heterocycles. The van der Waals surface area contributed by atoms with Crippen LogP contribution in [0, 0.1) is 6.92 Å². The van der Waals surface area contributed by atoms with E-state index in [-0.39, 0.29) is 17.3 Å². The van der Waals surface area contributed by atoms with E-state index >= 15 is 0 Å². The lowest BCUT2D eigenvalue weighted by molar-refractivity contribution is -0.139. The molecule has 0 saturated carbocycles. The van der Waals surface area contributed by atoms with Crippen LogP contribution >= 0.6 is 23.2 Å². The second-order valence-corrected chi connectivity index (χ2v) is 12.2. The van der Waals surface area contributed by atoms with Crippen molar-refractivity contribution in [2.24, 2.45) is 0 Å². The molecule has 0 aliphatic rings. The van der Waals surface area contributed by atoms with Crippen molar-refractivity contribution in [1.29, 1.82) is 0 Å². The van der Waals surface area contributed by atoms with Crippen LogP contribution in [0.15, 0.2) is 71.6 Å². The van der Waals surface area contributed by atoms with Crippen molar-refractivity contribution in [1.82, 2.24) is 10.2 Å². The molecule has 8 nitrogen and oxygen atoms in total. The quantitative estimate of drug-likeness (QED) is 0.243. The van der Waals surface area contributed by atoms with Crippen molar-refractivity contribution in [3.05, 3.63) is 87.9 Å². The molecule has 0 radical (unpaired) electrons. The van der Waals surface area contributed by atoms with E-state index in [1.54, 1.807) is 49.4 Å². The van der Waals surface area contributed by atoms with Crippen molar-refractivity contribution in [3.63, 3.8) is 0 Å². The number of rotatable bonds is 13. The number of unbranched alkanes of at least 4 members (excludes halogenated alkanes) is 1. The number of sulfonamides is 1. The summed E-state index contributed by atoms with van der Waals surface area (Å²) in [5.41, 5.74) is 1.68. The highest BCUT2D eigenvalue weighted by atomic mass is 35.5. The summed E-state index contributed by atoms with van der Waals surface area (Å²) in [4.78, 5) is 28.4. The van der Waals surface area contributed by atoms with Crippen molar-refractivity contribution >= 4 is 50.7 Å². The zero-order chi connectivity index (χ0) is 30.2. The highest BCUT2D eigenvalue weighted by molar-refractivity contribution is 7.92. The van der Waals surface area contributed by atoms with Crippen LogP contribution in [0.1, 0.15) is 37.8 Å². The first-order chi connectivity index (χ1) is 19.5. The normalized spacial score (nSPS) is 12.0. The summed E-state index contributed by atoms with van der Waals surface area (Å²) < 4.78 is 34.0. The molecule has 3 aromatic carbocycles. The zero-order valence-electron chi connectivity index (χ0n) is 23.6. The van der Waals surface area contributed by atoms with Crippen LogP contribution in [-0.4, -0.2) is 51.4 Å². The Hall–Kier alpha value is -3.27. The van der Waals surface area contributed by atoms with Gasteiger partial charge in [0, 0.05) is 28.7 Å². The van der Waals surface area contributed by atoms with Crippen LogP contribution in [-0.2, 0) is 26.2 Å². The van der Waals surface area contributed by atoms with E-state index in [4.69, 9.17) is 27.9 Å². The molecule has 0 bridgehead atoms. The van der Waals surface area contributed by atoms with Gasteiger partial charge in [0.2, 0.25) is 11.8 Å². The van der Waals surface area contributed by atoms with E-state index in [1.807, 2.05) is 13.8 Å². The Labute approximate surface area is 252 Å². The zero-order valence-corrected chi connectivity index (χ0v) is 25.9. The highest BCUT2D eigenvalue weighted by Crippen LogP contribution is 2.29. The number of carbonyl (C=O) groups is 2. The van der Waals surface area contributed by atoms with Crippen molar-refractivity contribution in [3.8, 4) is 5.75 Å². The lowest BCUT2D eigenvalue weighted by Gasteiger charge is -2.32. The molecular formula is C30H35Cl2N3O5S. The molecule has 0 saturated heterocycles. The van der Waals surface area contributed by atoms with Crippen molar-refractivity contribution < 1.29 is 22.7 Å². The molecule has 3 aromatic rings. The van der Waals surface area contributed by atoms with Crippen molar-refractivity contribution in [2.45, 2.75) is 51.1 Å². The summed E-state index contributed by atoms with van der Waals surface area (Å²) in [6.07, 6.45) is 1.67. The number of benzene rings is 3. The minimum Gasteiger partial charge on any atom is -0.497 e. The van der Waals surface area contributed by atoms with E-state index in [9.17, 15) is 18.0 Å². The standard InChI is InChI=1S/C30H35Cl2N3O5S/c1-5-6-18-33-30(37)22(3)34(19-26-27(31)8-7-9-28(26)32)29(36)20-35(23-12-10-21(2)11-13-23)41(38,39)25-16-14-24(40-4)15-17-25/h7-17,22H,5-6,18-20H2,1-4H3,(H,33,37)/t22-/m1/s1. The number of hydrogen-bond donors (Lipinski definition) is 1. The maximum atomic E-state index is 14.0. The minimum atomic E-state index is -4.20. The van der Waals surface area contributed by atoms with Crippen molar-refractivity contribution in [2.75, 3.05) is 24.5 Å². The number of anilines is 1. The number of amides is 2. The molecule has 220 valence electrons. The van der Waals surface area contributed by atoms with Gasteiger partial charge in [0.25, 0.3) is 10.0 Å². The molecule has 0 fully saturated rings. The van der Waals surface area contributed by atoms with Gasteiger partial charge in [0.05, 0.1) is 17.7 Å². The topological polar surface area (TPSA) is 96.0 Å². The fourth-order valence-corrected chi connectivity index (χ4v) is 6.02. The van der Waals surface area contributed by atoms with Crippen LogP contribution in [0.4, 0.5) is 5.69 Å². The van der Waals surface area contributed by atoms with Crippen LogP contribution < -0.4 is 14.4 Å². The Morgan fingerprint density at radius 3 is 2.15 bits per heavy atom. The first-order valence-corrected chi connectivity index (χ1v) is 15.4. The largest absolute Gasteiger partial charge is 0.497 e. The SMILES string of the molecule is CCCCNC(=O)[C@@H](C)N(Cc1c(Cl)cccc1Cl)C(=O)CN(c1ccc(C)cc1)S(=O)(=O)c1ccc(OC)cc1. The number of nitrogens with zero attached hydrogens (tertiary/aromatic N) is 2. The lowest BCUT2D eigenvalue weighted by Crippen LogP contribution is -2.51. The van der Waals surface area contributed by atoms with E-state index in [0.29, 0.717) is 33.6 Å². The first kappa shape index (κ1) is 32.2. The molecule has 0 aliphatic heterocycles. The lowest BCUT2D eigenvalue weighted by atomic mass is 10.1. The summed E-state index contributed by atoms with van der Waals surface area (Å²) >= 11 is 12.8. The Kier molecular flexibility index (Phi) is 11.5. The Morgan fingerprint density at radius 2 is 1.59 bits per heavy atom. The summed E-state index contributed by atoms with van der Waals surface area (Å²) in [5.74, 6) is -0.473. The molecule has 41 heavy (non-hydrogen) atoms. The van der Waals surface area contributed by atoms with Gasteiger partial charge in [-0.3, -0.25) is 13.9 Å². The van der Waals surface area contributed by atoms with E-state index in [2.05, 4.69) is 5.32 Å². The molecule has 0 unspecified atom stereocenters. The van der Waals surface area contributed by atoms with E-state index in [0.717, 1.165) is 22.7 Å². The number of nitrogens with one attached hydrogen (secondary N) is 1. The number of halogens is 2. The molecule has 3 rings (SSSR count). The molecular weight excluding hydrogens is 585 g/mol. The first-order valence-electron chi connectivity index (χ1n) is 13.2. The smallest absolute Gasteiger partial charge is 0.264 e. The van der Waals surface area contributed by atoms with E-state index < -0.39 is 28.5 Å². The predicted octanol–water partition coefficient (Wildman–Crippen LogP) is 5.84. The molecule has 11 heteroatoms. The average Bonchev–Trinajstić information content (AvgIpc) is 2.96. The number of ether oxygens (including phenoxy) is 1. The van der Waals surface area contributed by atoms with Gasteiger partial charge in [0.15, 0.2) is 0 Å². The molecule has 0 aliphatic carbocycles. The Morgan fingerprint density at radius 1 is 0.976 bits per heavy atom. The molecule has 2 amide bonds. The third-order valence-electron chi connectivity index (χ3n) is 6.64. The number of aryl methyl sites for hydroxylation is 1. The third kappa shape index (κ3) is 8.15. The van der Waals surface area contributed by atoms with Gasteiger partial charge in [-0.15, -0.1) is 0 Å². The minimum absolute atomic E-state index is 0.0160. The third-order valence-corrected chi connectivity index (χ3v) is 9.13. The second kappa shape index (κ2) is 14.6. The van der Waals surface area contributed by atoms with Gasteiger partial charge in [-0.1, -0.05) is 60.3 Å².